The van der Waals surface area contributed by atoms with Crippen LogP contribution in [0, 0.1) is 0 Å². The topological polar surface area (TPSA) is 56.7 Å². The van der Waals surface area contributed by atoms with Gasteiger partial charge in [-0.05, 0) is 37.5 Å². The number of hydrogen-bond acceptors (Lipinski definition) is 3. The lowest BCUT2D eigenvalue weighted by atomic mass is 10.1. The van der Waals surface area contributed by atoms with Crippen molar-refractivity contribution >= 4 is 23.6 Å². The van der Waals surface area contributed by atoms with Gasteiger partial charge >= 0.3 is 0 Å². The Bertz CT molecular complexity index is 605. The highest BCUT2D eigenvalue weighted by Gasteiger charge is 2.21. The van der Waals surface area contributed by atoms with Crippen LogP contribution in [-0.4, -0.2) is 53.9 Å². The molecule has 2 rings (SSSR count). The molecule has 1 unspecified atom stereocenters. The van der Waals surface area contributed by atoms with Crippen LogP contribution in [0.2, 0.25) is 0 Å². The van der Waals surface area contributed by atoms with Crippen LogP contribution in [0.25, 0.3) is 0 Å². The molecule has 1 heterocycles. The summed E-state index contributed by atoms with van der Waals surface area (Å²) in [6.07, 6.45) is 2.13. The third kappa shape index (κ3) is 6.24. The largest absolute Gasteiger partial charge is 0.357 e. The van der Waals surface area contributed by atoms with Crippen molar-refractivity contribution in [1.82, 2.24) is 15.5 Å². The van der Waals surface area contributed by atoms with E-state index in [1.165, 1.54) is 6.42 Å². The lowest BCUT2D eigenvalue weighted by Crippen LogP contribution is -2.48. The zero-order valence-corrected chi connectivity index (χ0v) is 17.1. The standard InChI is InChI=1S/C20H32N4OS/c1-4-10-22-19(25)17-9-7-8-16(13-17)14-23-20(21-6-3)24-11-12-26-18(5-2)15-24/h7-9,13,18H,4-6,10-12,14-15H2,1-3H3,(H,21,23)(H,22,25). The zero-order valence-electron chi connectivity index (χ0n) is 16.3. The minimum absolute atomic E-state index is 0.0107. The first-order chi connectivity index (χ1) is 12.7. The normalized spacial score (nSPS) is 17.9. The number of aliphatic imine (C=N–C) groups is 1. The Morgan fingerprint density at radius 2 is 2.15 bits per heavy atom. The zero-order chi connectivity index (χ0) is 18.8. The van der Waals surface area contributed by atoms with E-state index < -0.39 is 0 Å². The monoisotopic (exact) mass is 376 g/mol. The van der Waals surface area contributed by atoms with Gasteiger partial charge in [0.25, 0.3) is 5.91 Å². The van der Waals surface area contributed by atoms with E-state index in [1.54, 1.807) is 0 Å². The molecule has 0 aliphatic carbocycles. The van der Waals surface area contributed by atoms with Crippen molar-refractivity contribution in [3.63, 3.8) is 0 Å². The van der Waals surface area contributed by atoms with Crippen LogP contribution in [0.15, 0.2) is 29.3 Å². The van der Waals surface area contributed by atoms with Gasteiger partial charge in [0, 0.05) is 42.7 Å². The minimum Gasteiger partial charge on any atom is -0.357 e. The molecule has 1 amide bonds. The maximum absolute atomic E-state index is 12.1. The lowest BCUT2D eigenvalue weighted by Gasteiger charge is -2.34. The molecular weight excluding hydrogens is 344 g/mol. The summed E-state index contributed by atoms with van der Waals surface area (Å²) in [4.78, 5) is 19.3. The average Bonchev–Trinajstić information content (AvgIpc) is 2.69. The average molecular weight is 377 g/mol. The number of nitrogens with zero attached hydrogens (tertiary/aromatic N) is 2. The Hall–Kier alpha value is -1.69. The van der Waals surface area contributed by atoms with E-state index in [-0.39, 0.29) is 5.91 Å². The van der Waals surface area contributed by atoms with Gasteiger partial charge in [0.2, 0.25) is 0 Å². The smallest absolute Gasteiger partial charge is 0.251 e. The molecule has 0 saturated carbocycles. The molecule has 1 aromatic carbocycles. The van der Waals surface area contributed by atoms with E-state index in [0.717, 1.165) is 43.3 Å². The van der Waals surface area contributed by atoms with Crippen LogP contribution in [-0.2, 0) is 6.54 Å². The third-order valence-electron chi connectivity index (χ3n) is 4.36. The first-order valence-electron chi connectivity index (χ1n) is 9.69. The summed E-state index contributed by atoms with van der Waals surface area (Å²) < 4.78 is 0. The van der Waals surface area contributed by atoms with Crippen molar-refractivity contribution in [1.29, 1.82) is 0 Å². The van der Waals surface area contributed by atoms with Gasteiger partial charge in [-0.25, -0.2) is 4.99 Å². The van der Waals surface area contributed by atoms with E-state index in [0.29, 0.717) is 23.9 Å². The van der Waals surface area contributed by atoms with Gasteiger partial charge in [0.1, 0.15) is 0 Å². The number of carbonyl (C=O) groups excluding carboxylic acids is 1. The van der Waals surface area contributed by atoms with Crippen molar-refractivity contribution in [2.24, 2.45) is 4.99 Å². The summed E-state index contributed by atoms with van der Waals surface area (Å²) in [6.45, 7) is 10.6. The number of guanidine groups is 1. The quantitative estimate of drug-likeness (QED) is 0.567. The molecule has 1 atom stereocenters. The van der Waals surface area contributed by atoms with Crippen LogP contribution in [0.5, 0.6) is 0 Å². The van der Waals surface area contributed by atoms with Crippen LogP contribution >= 0.6 is 11.8 Å². The highest BCUT2D eigenvalue weighted by molar-refractivity contribution is 8.00. The summed E-state index contributed by atoms with van der Waals surface area (Å²) in [5.41, 5.74) is 1.76. The molecule has 1 saturated heterocycles. The van der Waals surface area contributed by atoms with Gasteiger partial charge in [-0.15, -0.1) is 0 Å². The Kier molecular flexibility index (Phi) is 8.81. The Labute approximate surface area is 162 Å². The van der Waals surface area contributed by atoms with E-state index in [4.69, 9.17) is 4.99 Å². The molecule has 1 fully saturated rings. The maximum atomic E-state index is 12.1. The van der Waals surface area contributed by atoms with Crippen LogP contribution in [0.3, 0.4) is 0 Å². The highest BCUT2D eigenvalue weighted by atomic mass is 32.2. The van der Waals surface area contributed by atoms with Crippen LogP contribution in [0.4, 0.5) is 0 Å². The summed E-state index contributed by atoms with van der Waals surface area (Å²) in [7, 11) is 0. The highest BCUT2D eigenvalue weighted by Crippen LogP contribution is 2.21. The fraction of sp³-hybridized carbons (Fsp3) is 0.600. The number of thioether (sulfide) groups is 1. The van der Waals surface area contributed by atoms with E-state index in [2.05, 4.69) is 48.1 Å². The van der Waals surface area contributed by atoms with Crippen molar-refractivity contribution in [2.45, 2.75) is 45.4 Å². The van der Waals surface area contributed by atoms with Crippen molar-refractivity contribution in [3.8, 4) is 0 Å². The predicted octanol–water partition coefficient (Wildman–Crippen LogP) is 3.12. The van der Waals surface area contributed by atoms with Gasteiger partial charge in [0.15, 0.2) is 5.96 Å². The Morgan fingerprint density at radius 3 is 2.88 bits per heavy atom. The molecule has 26 heavy (non-hydrogen) atoms. The first-order valence-corrected chi connectivity index (χ1v) is 10.7. The van der Waals surface area contributed by atoms with E-state index in [9.17, 15) is 4.79 Å². The Balaban J connectivity index is 2.05. The first kappa shape index (κ1) is 20.6. The maximum Gasteiger partial charge on any atom is 0.251 e. The van der Waals surface area contributed by atoms with Gasteiger partial charge in [-0.3, -0.25) is 4.79 Å². The fourth-order valence-electron chi connectivity index (χ4n) is 2.90. The molecule has 1 aliphatic heterocycles. The number of amides is 1. The molecule has 6 heteroatoms. The summed E-state index contributed by atoms with van der Waals surface area (Å²) in [5, 5.41) is 7.03. The number of hydrogen-bond donors (Lipinski definition) is 2. The summed E-state index contributed by atoms with van der Waals surface area (Å²) >= 11 is 2.06. The van der Waals surface area contributed by atoms with Gasteiger partial charge in [-0.1, -0.05) is 26.0 Å². The number of benzene rings is 1. The molecule has 0 bridgehead atoms. The van der Waals surface area contributed by atoms with Gasteiger partial charge in [0.05, 0.1) is 6.54 Å². The second kappa shape index (κ2) is 11.1. The molecule has 144 valence electrons. The van der Waals surface area contributed by atoms with E-state index >= 15 is 0 Å². The lowest BCUT2D eigenvalue weighted by molar-refractivity contribution is 0.0953. The molecule has 5 nitrogen and oxygen atoms in total. The van der Waals surface area contributed by atoms with Crippen LogP contribution < -0.4 is 10.6 Å². The molecule has 0 spiro atoms. The molecule has 1 aromatic rings. The van der Waals surface area contributed by atoms with Gasteiger partial charge < -0.3 is 15.5 Å². The fourth-order valence-corrected chi connectivity index (χ4v) is 4.08. The van der Waals surface area contributed by atoms with Crippen molar-refractivity contribution in [3.05, 3.63) is 35.4 Å². The SMILES string of the molecule is CCCNC(=O)c1cccc(CN=C(NCC)N2CCSC(CC)C2)c1. The minimum atomic E-state index is -0.0107. The second-order valence-electron chi connectivity index (χ2n) is 6.47. The number of nitrogens with one attached hydrogen (secondary N) is 2. The van der Waals surface area contributed by atoms with Gasteiger partial charge in [-0.2, -0.15) is 11.8 Å². The molecule has 1 aliphatic rings. The summed E-state index contributed by atoms with van der Waals surface area (Å²) in [6, 6.07) is 7.77. The molecule has 0 radical (unpaired) electrons. The number of carbonyl (C=O) groups is 1. The second-order valence-corrected chi connectivity index (χ2v) is 7.88. The summed E-state index contributed by atoms with van der Waals surface area (Å²) in [5.74, 6) is 2.12. The van der Waals surface area contributed by atoms with Crippen LogP contribution in [0.1, 0.15) is 49.5 Å². The third-order valence-corrected chi connectivity index (χ3v) is 5.74. The number of rotatable bonds is 7. The van der Waals surface area contributed by atoms with Crippen molar-refractivity contribution < 1.29 is 4.79 Å². The molecule has 0 aromatic heterocycles. The van der Waals surface area contributed by atoms with Crippen molar-refractivity contribution in [2.75, 3.05) is 31.9 Å². The Morgan fingerprint density at radius 1 is 1.31 bits per heavy atom. The molecule has 2 N–H and O–H groups in total. The molecular formula is C20H32N4OS. The predicted molar refractivity (Wildman–Crippen MR) is 112 cm³/mol. The van der Waals surface area contributed by atoms with E-state index in [1.807, 2.05) is 24.3 Å².